The maximum absolute atomic E-state index is 12.7. The van der Waals surface area contributed by atoms with Crippen LogP contribution in [-0.2, 0) is 23.8 Å². The van der Waals surface area contributed by atoms with E-state index in [1.807, 2.05) is 13.0 Å². The average molecular weight is 643 g/mol. The van der Waals surface area contributed by atoms with Crippen molar-refractivity contribution in [3.05, 3.63) is 35.5 Å². The number of esters is 2. The first kappa shape index (κ1) is 36.9. The van der Waals surface area contributed by atoms with E-state index in [-0.39, 0.29) is 52.6 Å². The molecule has 0 radical (unpaired) electrons. The van der Waals surface area contributed by atoms with Gasteiger partial charge in [0.2, 0.25) is 0 Å². The predicted octanol–water partition coefficient (Wildman–Crippen LogP) is 7.93. The maximum atomic E-state index is 12.7. The number of rotatable bonds is 13. The lowest BCUT2D eigenvalue weighted by Gasteiger charge is -2.46. The first-order chi connectivity index (χ1) is 21.3. The van der Waals surface area contributed by atoms with E-state index < -0.39 is 11.2 Å². The summed E-state index contributed by atoms with van der Waals surface area (Å²) >= 11 is 0. The highest BCUT2D eigenvalue weighted by atomic mass is 16.6. The highest BCUT2D eigenvalue weighted by Crippen LogP contribution is 2.66. The molecule has 7 nitrogen and oxygen atoms in total. The van der Waals surface area contributed by atoms with Crippen LogP contribution in [0, 0.1) is 22.7 Å². The molecule has 0 aromatic carbocycles. The Morgan fingerprint density at radius 2 is 1.72 bits per heavy atom. The molecule has 8 atom stereocenters. The van der Waals surface area contributed by atoms with Gasteiger partial charge in [-0.1, -0.05) is 84.1 Å². The van der Waals surface area contributed by atoms with E-state index in [0.29, 0.717) is 31.6 Å². The molecule has 2 aliphatic heterocycles. The van der Waals surface area contributed by atoms with Crippen LogP contribution in [0.5, 0.6) is 0 Å². The van der Waals surface area contributed by atoms with Crippen LogP contribution < -0.4 is 0 Å². The number of cyclic esters (lactones) is 1. The van der Waals surface area contributed by atoms with Gasteiger partial charge in [-0.05, 0) is 75.9 Å². The Bertz CT molecular complexity index is 1190. The van der Waals surface area contributed by atoms with Crippen molar-refractivity contribution in [3.8, 4) is 0 Å². The van der Waals surface area contributed by atoms with Gasteiger partial charge >= 0.3 is 11.9 Å². The van der Waals surface area contributed by atoms with Crippen molar-refractivity contribution in [2.75, 3.05) is 0 Å². The Balaban J connectivity index is 1.15. The van der Waals surface area contributed by atoms with Crippen molar-refractivity contribution >= 4 is 11.9 Å². The third kappa shape index (κ3) is 8.36. The molecule has 3 unspecified atom stereocenters. The van der Waals surface area contributed by atoms with Gasteiger partial charge in [0, 0.05) is 31.6 Å². The van der Waals surface area contributed by atoms with Crippen molar-refractivity contribution in [3.63, 3.8) is 0 Å². The summed E-state index contributed by atoms with van der Waals surface area (Å²) in [6, 6.07) is 0. The Hall–Kier alpha value is -1.96. The highest BCUT2D eigenvalue weighted by Gasteiger charge is 2.74. The molecule has 4 fully saturated rings. The van der Waals surface area contributed by atoms with E-state index >= 15 is 0 Å². The highest BCUT2D eigenvalue weighted by molar-refractivity contribution is 5.77. The summed E-state index contributed by atoms with van der Waals surface area (Å²) in [4.78, 5) is 24.1. The molecule has 0 amide bonds. The number of epoxide rings is 1. The van der Waals surface area contributed by atoms with Crippen LogP contribution in [0.25, 0.3) is 0 Å². The molecule has 7 heteroatoms. The fourth-order valence-electron chi connectivity index (χ4n) is 9.15. The molecule has 4 rings (SSSR count). The zero-order chi connectivity index (χ0) is 34.1. The van der Waals surface area contributed by atoms with Crippen LogP contribution in [0.2, 0.25) is 0 Å². The molecule has 0 spiro atoms. The van der Waals surface area contributed by atoms with E-state index in [0.717, 1.165) is 37.7 Å². The van der Waals surface area contributed by atoms with Gasteiger partial charge in [-0.15, -0.1) is 0 Å². The van der Waals surface area contributed by atoms with E-state index in [1.165, 1.54) is 31.8 Å². The zero-order valence-corrected chi connectivity index (χ0v) is 30.1. The third-order valence-corrected chi connectivity index (χ3v) is 11.3. The minimum Gasteiger partial charge on any atom is -0.462 e. The molecule has 2 saturated carbocycles. The summed E-state index contributed by atoms with van der Waals surface area (Å²) in [5.74, 6) is -0.167. The van der Waals surface area contributed by atoms with E-state index in [9.17, 15) is 19.8 Å². The summed E-state index contributed by atoms with van der Waals surface area (Å²) in [5.41, 5.74) is 0.172. The summed E-state index contributed by atoms with van der Waals surface area (Å²) < 4.78 is 17.4. The first-order valence-electron chi connectivity index (χ1n) is 17.9. The van der Waals surface area contributed by atoms with Gasteiger partial charge in [-0.2, -0.15) is 0 Å². The maximum Gasteiger partial charge on any atom is 0.313 e. The minimum atomic E-state index is -0.966. The number of unbranched alkanes of at least 4 members (excludes halogenated alkanes) is 3. The lowest BCUT2D eigenvalue weighted by molar-refractivity contribution is -0.152. The predicted molar refractivity (Wildman–Crippen MR) is 181 cm³/mol. The number of fused-ring (bicyclic) bond motifs is 1. The lowest BCUT2D eigenvalue weighted by Crippen LogP contribution is -2.46. The van der Waals surface area contributed by atoms with E-state index in [4.69, 9.17) is 14.2 Å². The third-order valence-electron chi connectivity index (χ3n) is 11.3. The van der Waals surface area contributed by atoms with Gasteiger partial charge in [-0.25, -0.2) is 0 Å². The second-order valence-corrected chi connectivity index (χ2v) is 16.9. The minimum absolute atomic E-state index is 0.163. The monoisotopic (exact) mass is 642 g/mol. The van der Waals surface area contributed by atoms with Gasteiger partial charge in [0.25, 0.3) is 0 Å². The average Bonchev–Trinajstić information content (AvgIpc) is 3.36. The fraction of sp³-hybridized carbons (Fsp3) is 0.795. The van der Waals surface area contributed by atoms with E-state index in [1.54, 1.807) is 0 Å². The van der Waals surface area contributed by atoms with Crippen LogP contribution in [-0.4, -0.2) is 57.3 Å². The second kappa shape index (κ2) is 13.9. The van der Waals surface area contributed by atoms with Crippen LogP contribution in [0.1, 0.15) is 139 Å². The molecule has 2 N–H and O–H groups in total. The Labute approximate surface area is 278 Å². The summed E-state index contributed by atoms with van der Waals surface area (Å²) in [6.45, 7) is 18.3. The van der Waals surface area contributed by atoms with Crippen molar-refractivity contribution in [2.24, 2.45) is 22.7 Å². The van der Waals surface area contributed by atoms with Gasteiger partial charge in [0.05, 0.1) is 17.6 Å². The first-order valence-corrected chi connectivity index (χ1v) is 17.9. The van der Waals surface area contributed by atoms with Crippen molar-refractivity contribution in [1.29, 1.82) is 0 Å². The summed E-state index contributed by atoms with van der Waals surface area (Å²) in [7, 11) is 0. The molecular weight excluding hydrogens is 580 g/mol. The number of aliphatic hydroxyl groups excluding tert-OH is 1. The molecule has 4 aliphatic rings. The van der Waals surface area contributed by atoms with Crippen molar-refractivity contribution in [1.82, 2.24) is 0 Å². The molecule has 2 heterocycles. The van der Waals surface area contributed by atoms with Crippen molar-refractivity contribution in [2.45, 2.75) is 174 Å². The Morgan fingerprint density at radius 3 is 2.37 bits per heavy atom. The smallest absolute Gasteiger partial charge is 0.313 e. The SMILES string of the molecule is CC(=O)O[C@H]1CC(C)(C)C(=CCC(C)CCCCCC/C(C)=C/C2CC(/C=C\[C@@]34O[C@]3(C)C[C@@H](O)CC4(C)C)C(=O)O2)[C@](C)(O)C1. The summed E-state index contributed by atoms with van der Waals surface area (Å²) in [5, 5.41) is 21.5. The molecule has 0 aromatic heterocycles. The Kier molecular flexibility index (Phi) is 11.1. The second-order valence-electron chi connectivity index (χ2n) is 16.9. The number of hydrogen-bond acceptors (Lipinski definition) is 7. The van der Waals surface area contributed by atoms with Crippen molar-refractivity contribution < 1.29 is 34.0 Å². The van der Waals surface area contributed by atoms with Crippen LogP contribution in [0.15, 0.2) is 35.5 Å². The number of carbonyl (C=O) groups is 2. The zero-order valence-electron chi connectivity index (χ0n) is 30.1. The molecule has 0 bridgehead atoms. The standard InChI is InChI=1S/C39H62O7/c1-26(16-17-33-35(4,5)24-32(44-28(3)40)25-37(33,8)43)14-12-10-11-13-15-27(2)20-31-21-29(34(42)45-31)18-19-39-36(6,7)22-30(41)23-38(39,9)46-39/h17-20,26,29-32,41,43H,10-16,21-25H2,1-9H3/b19-18-,27-20+,33-17?/t26?,29?,30-,31?,32-,37+,38+,39-/m0/s1. The van der Waals surface area contributed by atoms with Crippen LogP contribution in [0.4, 0.5) is 0 Å². The van der Waals surface area contributed by atoms with Gasteiger partial charge in [-0.3, -0.25) is 9.59 Å². The lowest BCUT2D eigenvalue weighted by atomic mass is 9.63. The number of ether oxygens (including phenoxy) is 3. The molecule has 260 valence electrons. The number of hydrogen-bond donors (Lipinski definition) is 2. The number of aliphatic hydroxyl groups is 2. The molecule has 46 heavy (non-hydrogen) atoms. The van der Waals surface area contributed by atoms with Crippen LogP contribution >= 0.6 is 0 Å². The van der Waals surface area contributed by atoms with Gasteiger partial charge in [0.15, 0.2) is 0 Å². The Morgan fingerprint density at radius 1 is 1.02 bits per heavy atom. The number of allylic oxidation sites excluding steroid dienone is 2. The summed E-state index contributed by atoms with van der Waals surface area (Å²) in [6.07, 6.45) is 18.7. The topological polar surface area (TPSA) is 106 Å². The van der Waals surface area contributed by atoms with E-state index in [2.05, 4.69) is 66.7 Å². The fourth-order valence-corrected chi connectivity index (χ4v) is 9.15. The quantitative estimate of drug-likeness (QED) is 0.0910. The molecular formula is C39H62O7. The molecule has 0 aromatic rings. The van der Waals surface area contributed by atoms with Crippen LogP contribution in [0.3, 0.4) is 0 Å². The van der Waals surface area contributed by atoms with Gasteiger partial charge < -0.3 is 24.4 Å². The normalized spacial score (nSPS) is 38.5. The van der Waals surface area contributed by atoms with Gasteiger partial charge in [0.1, 0.15) is 23.4 Å². The molecule has 2 aliphatic carbocycles. The number of carbonyl (C=O) groups excluding carboxylic acids is 2. The molecule has 2 saturated heterocycles. The largest absolute Gasteiger partial charge is 0.462 e.